The second kappa shape index (κ2) is 4.31. The van der Waals surface area contributed by atoms with Crippen molar-refractivity contribution in [2.45, 2.75) is 6.54 Å². The van der Waals surface area contributed by atoms with Crippen LogP contribution >= 0.6 is 11.3 Å². The van der Waals surface area contributed by atoms with Crippen molar-refractivity contribution >= 4 is 27.2 Å². The molecule has 4 rings (SSSR count). The van der Waals surface area contributed by atoms with Crippen LogP contribution in [0.4, 0.5) is 0 Å². The Kier molecular flexibility index (Phi) is 2.47. The van der Waals surface area contributed by atoms with Crippen LogP contribution in [-0.4, -0.2) is 14.0 Å². The van der Waals surface area contributed by atoms with Gasteiger partial charge in [0.15, 0.2) is 5.43 Å². The van der Waals surface area contributed by atoms with E-state index in [0.717, 1.165) is 21.6 Å². The van der Waals surface area contributed by atoms with Gasteiger partial charge in [-0.2, -0.15) is 0 Å². The largest absolute Gasteiger partial charge is 0.340 e. The molecule has 0 fully saturated rings. The van der Waals surface area contributed by atoms with E-state index in [9.17, 15) is 4.79 Å². The van der Waals surface area contributed by atoms with Crippen LogP contribution < -0.4 is 5.43 Å². The predicted molar refractivity (Wildman–Crippen MR) is 80.4 cm³/mol. The summed E-state index contributed by atoms with van der Waals surface area (Å²) in [6.07, 6.45) is 5.84. The standard InChI is InChI=1S/C15H11N3OS/c19-13-4-7-17(12-5-8-20-15(12)13)9-11-10-18-6-2-1-3-14(18)16-11/h1-8,10H,9H2. The zero-order valence-corrected chi connectivity index (χ0v) is 11.4. The van der Waals surface area contributed by atoms with Gasteiger partial charge in [0.05, 0.1) is 22.5 Å². The summed E-state index contributed by atoms with van der Waals surface area (Å²) in [7, 11) is 0. The van der Waals surface area contributed by atoms with Gasteiger partial charge < -0.3 is 8.97 Å². The highest BCUT2D eigenvalue weighted by Crippen LogP contribution is 2.17. The highest BCUT2D eigenvalue weighted by Gasteiger charge is 2.06. The molecule has 0 spiro atoms. The average Bonchev–Trinajstić information content (AvgIpc) is 3.08. The van der Waals surface area contributed by atoms with Gasteiger partial charge in [-0.1, -0.05) is 6.07 Å². The summed E-state index contributed by atoms with van der Waals surface area (Å²) >= 11 is 1.48. The summed E-state index contributed by atoms with van der Waals surface area (Å²) in [4.78, 5) is 16.4. The molecule has 0 amide bonds. The van der Waals surface area contributed by atoms with Gasteiger partial charge in [0.25, 0.3) is 0 Å². The molecule has 0 aliphatic heterocycles. The Hall–Kier alpha value is -2.40. The molecule has 98 valence electrons. The predicted octanol–water partition coefficient (Wildman–Crippen LogP) is 2.76. The molecule has 0 unspecified atom stereocenters. The molecule has 4 nitrogen and oxygen atoms in total. The van der Waals surface area contributed by atoms with Gasteiger partial charge in [0.1, 0.15) is 5.65 Å². The average molecular weight is 281 g/mol. The zero-order valence-electron chi connectivity index (χ0n) is 10.6. The second-order valence-corrected chi connectivity index (χ2v) is 5.56. The van der Waals surface area contributed by atoms with Crippen LogP contribution in [0.5, 0.6) is 0 Å². The third-order valence-electron chi connectivity index (χ3n) is 3.33. The van der Waals surface area contributed by atoms with Crippen LogP contribution in [0.1, 0.15) is 5.69 Å². The first-order chi connectivity index (χ1) is 9.81. The van der Waals surface area contributed by atoms with Crippen LogP contribution in [0.15, 0.2) is 59.1 Å². The van der Waals surface area contributed by atoms with E-state index in [2.05, 4.69) is 9.55 Å². The van der Waals surface area contributed by atoms with Gasteiger partial charge in [-0.25, -0.2) is 4.98 Å². The summed E-state index contributed by atoms with van der Waals surface area (Å²) in [6.45, 7) is 0.662. The molecule has 0 aliphatic rings. The lowest BCUT2D eigenvalue weighted by molar-refractivity contribution is 0.806. The highest BCUT2D eigenvalue weighted by atomic mass is 32.1. The number of pyridine rings is 2. The first kappa shape index (κ1) is 11.4. The molecular weight excluding hydrogens is 270 g/mol. The SMILES string of the molecule is O=c1ccn(Cc2cn3ccccc3n2)c2ccsc12. The smallest absolute Gasteiger partial charge is 0.199 e. The molecule has 4 aromatic heterocycles. The molecule has 4 aromatic rings. The summed E-state index contributed by atoms with van der Waals surface area (Å²) < 4.78 is 4.87. The highest BCUT2D eigenvalue weighted by molar-refractivity contribution is 7.17. The van der Waals surface area contributed by atoms with E-state index in [-0.39, 0.29) is 5.43 Å². The quantitative estimate of drug-likeness (QED) is 0.567. The summed E-state index contributed by atoms with van der Waals surface area (Å²) in [5, 5.41) is 1.95. The van der Waals surface area contributed by atoms with E-state index in [1.807, 2.05) is 52.6 Å². The van der Waals surface area contributed by atoms with Crippen molar-refractivity contribution in [2.24, 2.45) is 0 Å². The number of fused-ring (bicyclic) bond motifs is 2. The molecule has 0 atom stereocenters. The van der Waals surface area contributed by atoms with Gasteiger partial charge in [-0.05, 0) is 23.6 Å². The molecule has 5 heteroatoms. The third kappa shape index (κ3) is 1.75. The number of rotatable bonds is 2. The Balaban J connectivity index is 1.82. The van der Waals surface area contributed by atoms with Crippen molar-refractivity contribution in [3.63, 3.8) is 0 Å². The Labute approximate surface area is 118 Å². The number of thiophene rings is 1. The van der Waals surface area contributed by atoms with E-state index >= 15 is 0 Å². The van der Waals surface area contributed by atoms with Gasteiger partial charge >= 0.3 is 0 Å². The molecule has 0 saturated heterocycles. The molecule has 0 radical (unpaired) electrons. The van der Waals surface area contributed by atoms with Crippen LogP contribution in [0.2, 0.25) is 0 Å². The number of nitrogens with zero attached hydrogens (tertiary/aromatic N) is 3. The molecule has 0 aromatic carbocycles. The third-order valence-corrected chi connectivity index (χ3v) is 4.25. The van der Waals surface area contributed by atoms with E-state index < -0.39 is 0 Å². The molecule has 0 aliphatic carbocycles. The number of hydrogen-bond donors (Lipinski definition) is 0. The monoisotopic (exact) mass is 281 g/mol. The van der Waals surface area contributed by atoms with Gasteiger partial charge in [0.2, 0.25) is 0 Å². The zero-order chi connectivity index (χ0) is 13.5. The Morgan fingerprint density at radius 2 is 2.10 bits per heavy atom. The first-order valence-electron chi connectivity index (χ1n) is 6.30. The van der Waals surface area contributed by atoms with Crippen molar-refractivity contribution in [1.29, 1.82) is 0 Å². The summed E-state index contributed by atoms with van der Waals surface area (Å²) in [5.41, 5.74) is 2.97. The number of hydrogen-bond acceptors (Lipinski definition) is 3. The van der Waals surface area contributed by atoms with Crippen molar-refractivity contribution in [3.05, 3.63) is 70.2 Å². The minimum absolute atomic E-state index is 0.0845. The topological polar surface area (TPSA) is 39.3 Å². The van der Waals surface area contributed by atoms with Crippen molar-refractivity contribution < 1.29 is 0 Å². The lowest BCUT2D eigenvalue weighted by atomic mass is 10.3. The lowest BCUT2D eigenvalue weighted by Gasteiger charge is -2.05. The minimum atomic E-state index is 0.0845. The lowest BCUT2D eigenvalue weighted by Crippen LogP contribution is -2.06. The fourth-order valence-electron chi connectivity index (χ4n) is 2.40. The molecule has 4 heterocycles. The second-order valence-electron chi connectivity index (χ2n) is 4.64. The van der Waals surface area contributed by atoms with E-state index in [0.29, 0.717) is 6.54 Å². The molecule has 20 heavy (non-hydrogen) atoms. The van der Waals surface area contributed by atoms with Crippen molar-refractivity contribution in [2.75, 3.05) is 0 Å². The maximum absolute atomic E-state index is 11.8. The number of aromatic nitrogens is 3. The Morgan fingerprint density at radius 1 is 1.15 bits per heavy atom. The van der Waals surface area contributed by atoms with Crippen molar-refractivity contribution in [3.8, 4) is 0 Å². The van der Waals surface area contributed by atoms with E-state index in [4.69, 9.17) is 0 Å². The fourth-order valence-corrected chi connectivity index (χ4v) is 3.23. The maximum atomic E-state index is 11.8. The number of imidazole rings is 1. The van der Waals surface area contributed by atoms with E-state index in [1.54, 1.807) is 6.07 Å². The summed E-state index contributed by atoms with van der Waals surface area (Å²) in [5.74, 6) is 0. The van der Waals surface area contributed by atoms with Crippen LogP contribution in [-0.2, 0) is 6.54 Å². The fraction of sp³-hybridized carbons (Fsp3) is 0.0667. The van der Waals surface area contributed by atoms with Crippen LogP contribution in [0.25, 0.3) is 15.9 Å². The minimum Gasteiger partial charge on any atom is -0.340 e. The maximum Gasteiger partial charge on any atom is 0.199 e. The molecule has 0 N–H and O–H groups in total. The van der Waals surface area contributed by atoms with Crippen LogP contribution in [0, 0.1) is 0 Å². The van der Waals surface area contributed by atoms with Gasteiger partial charge in [-0.3, -0.25) is 4.79 Å². The van der Waals surface area contributed by atoms with Crippen LogP contribution in [0.3, 0.4) is 0 Å². The Morgan fingerprint density at radius 3 is 3.00 bits per heavy atom. The van der Waals surface area contributed by atoms with Gasteiger partial charge in [-0.15, -0.1) is 11.3 Å². The van der Waals surface area contributed by atoms with Crippen molar-refractivity contribution in [1.82, 2.24) is 14.0 Å². The molecular formula is C15H11N3OS. The van der Waals surface area contributed by atoms with E-state index in [1.165, 1.54) is 11.3 Å². The molecule has 0 bridgehead atoms. The van der Waals surface area contributed by atoms with Gasteiger partial charge in [0, 0.05) is 24.7 Å². The molecule has 0 saturated carbocycles. The summed E-state index contributed by atoms with van der Waals surface area (Å²) in [6, 6.07) is 9.54. The Bertz CT molecular complexity index is 931. The first-order valence-corrected chi connectivity index (χ1v) is 7.18. The normalized spacial score (nSPS) is 11.4.